The highest BCUT2D eigenvalue weighted by molar-refractivity contribution is 6.31. The molecule has 3 aromatic heterocycles. The molecule has 0 bridgehead atoms. The number of halogens is 1. The number of H-pyrrole nitrogens is 1. The Morgan fingerprint density at radius 2 is 1.92 bits per heavy atom. The minimum atomic E-state index is -1.04. The van der Waals surface area contributed by atoms with Crippen molar-refractivity contribution in [1.82, 2.24) is 34.7 Å². The van der Waals surface area contributed by atoms with Gasteiger partial charge in [-0.3, -0.25) is 9.69 Å². The molecule has 5 aromatic rings. The number of nitrogens with one attached hydrogen (secondary N) is 1. The third-order valence-corrected chi connectivity index (χ3v) is 5.88. The molecule has 0 atom stereocenters. The predicted molar refractivity (Wildman–Crippen MR) is 133 cm³/mol. The first-order valence-electron chi connectivity index (χ1n) is 10.7. The van der Waals surface area contributed by atoms with E-state index in [1.807, 2.05) is 6.07 Å². The topological polar surface area (TPSA) is 135 Å². The van der Waals surface area contributed by atoms with Crippen LogP contribution in [0.3, 0.4) is 0 Å². The van der Waals surface area contributed by atoms with Gasteiger partial charge < -0.3 is 14.7 Å². The normalized spacial score (nSPS) is 10.9. The van der Waals surface area contributed by atoms with Gasteiger partial charge in [0.25, 0.3) is 5.56 Å². The number of anilines is 1. The van der Waals surface area contributed by atoms with Crippen LogP contribution in [0.1, 0.15) is 5.82 Å². The highest BCUT2D eigenvalue weighted by atomic mass is 35.5. The molecule has 0 radical (unpaired) electrons. The minimum Gasteiger partial charge on any atom is -0.465 e. The van der Waals surface area contributed by atoms with Crippen LogP contribution in [-0.2, 0) is 6.54 Å². The maximum atomic E-state index is 12.9. The van der Waals surface area contributed by atoms with Crippen LogP contribution in [0.5, 0.6) is 0 Å². The second kappa shape index (κ2) is 9.47. The molecule has 0 saturated carbocycles. The van der Waals surface area contributed by atoms with Crippen molar-refractivity contribution < 1.29 is 9.90 Å². The Morgan fingerprint density at radius 1 is 1.11 bits per heavy atom. The zero-order valence-electron chi connectivity index (χ0n) is 18.9. The van der Waals surface area contributed by atoms with Gasteiger partial charge in [-0.2, -0.15) is 4.68 Å². The standard InChI is InChI=1S/C24H19ClN8O3/c1-31(24(35)36)18-5-2-15(3-6-18)20-12-26-22(28-20)13-32-9-8-16(10-23(32)34)19-11-17(25)4-7-21(19)33-14-27-29-30-33/h2-12,14H,13H2,1H3,(H,26,28)(H,35,36). The van der Waals surface area contributed by atoms with E-state index in [0.29, 0.717) is 33.5 Å². The van der Waals surface area contributed by atoms with E-state index in [4.69, 9.17) is 16.7 Å². The van der Waals surface area contributed by atoms with Gasteiger partial charge in [0.15, 0.2) is 0 Å². The summed E-state index contributed by atoms with van der Waals surface area (Å²) in [6, 6.07) is 15.6. The number of hydrogen-bond acceptors (Lipinski definition) is 6. The number of imidazole rings is 1. The van der Waals surface area contributed by atoms with E-state index in [-0.39, 0.29) is 12.1 Å². The number of carboxylic acid groups (broad SMARTS) is 1. The van der Waals surface area contributed by atoms with E-state index in [0.717, 1.165) is 16.0 Å². The fourth-order valence-electron chi connectivity index (χ4n) is 3.73. The molecule has 2 N–H and O–H groups in total. The summed E-state index contributed by atoms with van der Waals surface area (Å²) < 4.78 is 3.05. The van der Waals surface area contributed by atoms with Crippen LogP contribution in [0.25, 0.3) is 28.1 Å². The Kier molecular flexibility index (Phi) is 6.05. The molecule has 0 unspecified atom stereocenters. The average molecular weight is 503 g/mol. The van der Waals surface area contributed by atoms with Gasteiger partial charge >= 0.3 is 6.09 Å². The molecule has 12 heteroatoms. The highest BCUT2D eigenvalue weighted by Crippen LogP contribution is 2.28. The molecule has 0 aliphatic carbocycles. The zero-order valence-corrected chi connectivity index (χ0v) is 19.7. The molecule has 0 aliphatic heterocycles. The number of tetrazole rings is 1. The Balaban J connectivity index is 1.37. The van der Waals surface area contributed by atoms with Crippen molar-refractivity contribution in [2.24, 2.45) is 0 Å². The lowest BCUT2D eigenvalue weighted by molar-refractivity contribution is 0.203. The molecule has 0 fully saturated rings. The van der Waals surface area contributed by atoms with E-state index < -0.39 is 6.09 Å². The number of nitrogens with zero attached hydrogens (tertiary/aromatic N) is 7. The van der Waals surface area contributed by atoms with Crippen molar-refractivity contribution in [2.45, 2.75) is 6.54 Å². The fourth-order valence-corrected chi connectivity index (χ4v) is 3.91. The van der Waals surface area contributed by atoms with Crippen LogP contribution in [-0.4, -0.2) is 53.0 Å². The van der Waals surface area contributed by atoms with Gasteiger partial charge in [-0.25, -0.2) is 9.78 Å². The number of amides is 1. The first kappa shape index (κ1) is 23.0. The summed E-state index contributed by atoms with van der Waals surface area (Å²) in [5.41, 5.74) is 3.93. The van der Waals surface area contributed by atoms with Gasteiger partial charge in [-0.1, -0.05) is 23.7 Å². The summed E-state index contributed by atoms with van der Waals surface area (Å²) in [4.78, 5) is 32.8. The first-order chi connectivity index (χ1) is 17.4. The van der Waals surface area contributed by atoms with Gasteiger partial charge in [0, 0.05) is 47.3 Å². The Hall–Kier alpha value is -4.77. The van der Waals surface area contributed by atoms with Crippen LogP contribution in [0, 0.1) is 0 Å². The number of rotatable bonds is 6. The molecule has 180 valence electrons. The molecule has 0 spiro atoms. The van der Waals surface area contributed by atoms with Crippen molar-refractivity contribution in [3.05, 3.63) is 94.5 Å². The maximum Gasteiger partial charge on any atom is 0.411 e. The molecular weight excluding hydrogens is 484 g/mol. The Morgan fingerprint density at radius 3 is 2.61 bits per heavy atom. The number of hydrogen-bond donors (Lipinski definition) is 2. The zero-order chi connectivity index (χ0) is 25.2. The average Bonchev–Trinajstić information content (AvgIpc) is 3.58. The number of pyridine rings is 1. The van der Waals surface area contributed by atoms with Gasteiger partial charge in [0.1, 0.15) is 12.2 Å². The molecule has 5 rings (SSSR count). The third kappa shape index (κ3) is 4.59. The van der Waals surface area contributed by atoms with E-state index >= 15 is 0 Å². The van der Waals surface area contributed by atoms with E-state index in [2.05, 4.69) is 25.5 Å². The summed E-state index contributed by atoms with van der Waals surface area (Å²) in [5, 5.41) is 20.9. The van der Waals surface area contributed by atoms with Crippen molar-refractivity contribution in [3.63, 3.8) is 0 Å². The van der Waals surface area contributed by atoms with Crippen molar-refractivity contribution >= 4 is 23.4 Å². The molecular formula is C24H19ClN8O3. The summed E-state index contributed by atoms with van der Waals surface area (Å²) in [5.74, 6) is 0.601. The summed E-state index contributed by atoms with van der Waals surface area (Å²) in [6.07, 6.45) is 3.87. The van der Waals surface area contributed by atoms with Crippen LogP contribution in [0.2, 0.25) is 5.02 Å². The second-order valence-corrected chi connectivity index (χ2v) is 8.35. The van der Waals surface area contributed by atoms with Gasteiger partial charge in [0.05, 0.1) is 17.9 Å². The van der Waals surface area contributed by atoms with E-state index in [1.165, 1.54) is 28.7 Å². The monoisotopic (exact) mass is 502 g/mol. The Labute approximate surface area is 209 Å². The van der Waals surface area contributed by atoms with Crippen molar-refractivity contribution in [3.8, 4) is 28.1 Å². The van der Waals surface area contributed by atoms with Crippen LogP contribution in [0.15, 0.2) is 78.1 Å². The lowest BCUT2D eigenvalue weighted by Gasteiger charge is -2.12. The smallest absolute Gasteiger partial charge is 0.411 e. The van der Waals surface area contributed by atoms with Gasteiger partial charge in [-0.15, -0.1) is 5.10 Å². The van der Waals surface area contributed by atoms with Crippen LogP contribution in [0.4, 0.5) is 10.5 Å². The number of aromatic amines is 1. The molecule has 1 amide bonds. The first-order valence-corrected chi connectivity index (χ1v) is 11.1. The molecule has 0 saturated heterocycles. The van der Waals surface area contributed by atoms with Crippen molar-refractivity contribution in [1.29, 1.82) is 0 Å². The lowest BCUT2D eigenvalue weighted by Crippen LogP contribution is -2.23. The number of carbonyl (C=O) groups is 1. The number of benzene rings is 2. The van der Waals surface area contributed by atoms with Gasteiger partial charge in [0.2, 0.25) is 0 Å². The van der Waals surface area contributed by atoms with Crippen LogP contribution < -0.4 is 10.5 Å². The predicted octanol–water partition coefficient (Wildman–Crippen LogP) is 3.70. The van der Waals surface area contributed by atoms with Crippen LogP contribution >= 0.6 is 11.6 Å². The minimum absolute atomic E-state index is 0.214. The van der Waals surface area contributed by atoms with Crippen molar-refractivity contribution in [2.75, 3.05) is 11.9 Å². The van der Waals surface area contributed by atoms with E-state index in [9.17, 15) is 9.59 Å². The molecule has 36 heavy (non-hydrogen) atoms. The molecule has 11 nitrogen and oxygen atoms in total. The lowest BCUT2D eigenvalue weighted by atomic mass is 10.0. The highest BCUT2D eigenvalue weighted by Gasteiger charge is 2.13. The molecule has 2 aromatic carbocycles. The quantitative estimate of drug-likeness (QED) is 0.361. The molecule has 0 aliphatic rings. The fraction of sp³-hybridized carbons (Fsp3) is 0.0833. The van der Waals surface area contributed by atoms with E-state index in [1.54, 1.807) is 54.9 Å². The summed E-state index contributed by atoms with van der Waals surface area (Å²) >= 11 is 6.21. The van der Waals surface area contributed by atoms with Gasteiger partial charge in [-0.05, 0) is 52.4 Å². The summed E-state index contributed by atoms with van der Waals surface area (Å²) in [7, 11) is 1.48. The maximum absolute atomic E-state index is 12.9. The molecule has 3 heterocycles. The largest absolute Gasteiger partial charge is 0.465 e. The third-order valence-electron chi connectivity index (χ3n) is 5.65. The SMILES string of the molecule is CN(C(=O)O)c1ccc(-c2c[nH]c(Cn3ccc(-c4cc(Cl)ccc4-n4cnnn4)cc3=O)n2)cc1. The summed E-state index contributed by atoms with van der Waals surface area (Å²) in [6.45, 7) is 0.244. The Bertz CT molecular complexity index is 1590. The number of aromatic nitrogens is 7. The second-order valence-electron chi connectivity index (χ2n) is 7.92.